The second kappa shape index (κ2) is 10.6. The fraction of sp³-hybridized carbons (Fsp3) is 0.929. The number of nitrogens with zero attached hydrogens (tertiary/aromatic N) is 1. The van der Waals surface area contributed by atoms with Gasteiger partial charge in [-0.05, 0) is 38.6 Å². The first-order chi connectivity index (χ1) is 9.22. The van der Waals surface area contributed by atoms with Crippen LogP contribution in [0, 0.1) is 0 Å². The Balaban J connectivity index is 0.00000200. The van der Waals surface area contributed by atoms with Crippen molar-refractivity contribution in [3.8, 4) is 0 Å². The van der Waals surface area contributed by atoms with Gasteiger partial charge in [0.2, 0.25) is 5.91 Å². The lowest BCUT2D eigenvalue weighted by Gasteiger charge is -2.32. The summed E-state index contributed by atoms with van der Waals surface area (Å²) in [6, 6.07) is 0.320. The molecule has 2 fully saturated rings. The first-order valence-corrected chi connectivity index (χ1v) is 7.61. The Morgan fingerprint density at radius 3 is 2.43 bits per heavy atom. The molecule has 0 aromatic rings. The maximum atomic E-state index is 12.1. The Labute approximate surface area is 140 Å². The van der Waals surface area contributed by atoms with E-state index in [9.17, 15) is 4.79 Å². The van der Waals surface area contributed by atoms with Gasteiger partial charge in [0.15, 0.2) is 0 Å². The first-order valence-electron chi connectivity index (χ1n) is 7.61. The second-order valence-corrected chi connectivity index (χ2v) is 5.68. The van der Waals surface area contributed by atoms with Crippen molar-refractivity contribution >= 4 is 30.7 Å². The van der Waals surface area contributed by atoms with Crippen molar-refractivity contribution in [1.29, 1.82) is 0 Å². The van der Waals surface area contributed by atoms with Crippen LogP contribution < -0.4 is 11.1 Å². The Morgan fingerprint density at radius 1 is 1.24 bits per heavy atom. The number of nitrogens with two attached hydrogens (primary N) is 1. The van der Waals surface area contributed by atoms with Crippen LogP contribution in [-0.2, 0) is 9.53 Å². The number of halogens is 2. The molecule has 0 unspecified atom stereocenters. The fourth-order valence-corrected chi connectivity index (χ4v) is 2.98. The monoisotopic (exact) mass is 341 g/mol. The van der Waals surface area contributed by atoms with Crippen LogP contribution in [0.4, 0.5) is 0 Å². The number of hydrogen-bond acceptors (Lipinski definition) is 4. The molecule has 0 saturated carbocycles. The molecule has 2 atom stereocenters. The highest BCUT2D eigenvalue weighted by Crippen LogP contribution is 2.19. The van der Waals surface area contributed by atoms with E-state index in [1.165, 1.54) is 13.0 Å². The Bertz CT molecular complexity index is 300. The topological polar surface area (TPSA) is 67.6 Å². The van der Waals surface area contributed by atoms with Crippen molar-refractivity contribution < 1.29 is 9.53 Å². The highest BCUT2D eigenvalue weighted by Gasteiger charge is 2.31. The zero-order chi connectivity index (χ0) is 13.7. The Hall–Kier alpha value is -0.0700. The van der Waals surface area contributed by atoms with Crippen LogP contribution in [0.15, 0.2) is 0 Å². The van der Waals surface area contributed by atoms with Gasteiger partial charge < -0.3 is 20.7 Å². The molecule has 21 heavy (non-hydrogen) atoms. The quantitative estimate of drug-likeness (QED) is 0.791. The van der Waals surface area contributed by atoms with Crippen LogP contribution in [0.25, 0.3) is 0 Å². The SMILES string of the molecule is CCCN1CCC(NC(=O)[C@@H]2CC[C@H](CN)O2)CC1.Cl.Cl. The lowest BCUT2D eigenvalue weighted by atomic mass is 10.0. The van der Waals surface area contributed by atoms with Gasteiger partial charge in [-0.3, -0.25) is 4.79 Å². The summed E-state index contributed by atoms with van der Waals surface area (Å²) in [6.07, 6.45) is 4.82. The minimum Gasteiger partial charge on any atom is -0.364 e. The maximum Gasteiger partial charge on any atom is 0.249 e. The van der Waals surface area contributed by atoms with Gasteiger partial charge in [0, 0.05) is 25.7 Å². The minimum atomic E-state index is -0.276. The number of amides is 1. The van der Waals surface area contributed by atoms with Gasteiger partial charge in [-0.2, -0.15) is 0 Å². The van der Waals surface area contributed by atoms with Gasteiger partial charge in [0.05, 0.1) is 6.10 Å². The van der Waals surface area contributed by atoms with Crippen LogP contribution in [0.3, 0.4) is 0 Å². The molecule has 2 rings (SSSR count). The van der Waals surface area contributed by atoms with E-state index in [1.54, 1.807) is 0 Å². The molecule has 2 saturated heterocycles. The Morgan fingerprint density at radius 2 is 1.90 bits per heavy atom. The maximum absolute atomic E-state index is 12.1. The van der Waals surface area contributed by atoms with Crippen molar-refractivity contribution in [3.05, 3.63) is 0 Å². The summed E-state index contributed by atoms with van der Waals surface area (Å²) in [6.45, 7) is 6.08. The summed E-state index contributed by atoms with van der Waals surface area (Å²) < 4.78 is 5.63. The average Bonchev–Trinajstić information content (AvgIpc) is 2.90. The number of nitrogens with one attached hydrogen (secondary N) is 1. The lowest BCUT2D eigenvalue weighted by Crippen LogP contribution is -2.47. The second-order valence-electron chi connectivity index (χ2n) is 5.68. The van der Waals surface area contributed by atoms with Crippen LogP contribution in [-0.4, -0.2) is 55.2 Å². The molecule has 0 aromatic carbocycles. The first kappa shape index (κ1) is 20.9. The van der Waals surface area contributed by atoms with E-state index in [0.29, 0.717) is 12.6 Å². The summed E-state index contributed by atoms with van der Waals surface area (Å²) in [7, 11) is 0. The number of carbonyl (C=O) groups is 1. The van der Waals surface area contributed by atoms with E-state index in [2.05, 4.69) is 17.1 Å². The smallest absolute Gasteiger partial charge is 0.249 e. The van der Waals surface area contributed by atoms with Crippen molar-refractivity contribution in [1.82, 2.24) is 10.2 Å². The summed E-state index contributed by atoms with van der Waals surface area (Å²) in [5.41, 5.74) is 5.56. The van der Waals surface area contributed by atoms with Gasteiger partial charge in [-0.1, -0.05) is 6.92 Å². The number of rotatable bonds is 5. The van der Waals surface area contributed by atoms with Gasteiger partial charge in [0.25, 0.3) is 0 Å². The summed E-state index contributed by atoms with van der Waals surface area (Å²) in [4.78, 5) is 14.6. The van der Waals surface area contributed by atoms with Crippen LogP contribution in [0.2, 0.25) is 0 Å². The molecular weight excluding hydrogens is 313 g/mol. The van der Waals surface area contributed by atoms with Crippen molar-refractivity contribution in [2.24, 2.45) is 5.73 Å². The lowest BCUT2D eigenvalue weighted by molar-refractivity contribution is -0.132. The predicted octanol–water partition coefficient (Wildman–Crippen LogP) is 1.33. The minimum absolute atomic E-state index is 0. The van der Waals surface area contributed by atoms with Crippen LogP contribution >= 0.6 is 24.8 Å². The fourth-order valence-electron chi connectivity index (χ4n) is 2.98. The van der Waals surface area contributed by atoms with Crippen LogP contribution in [0.5, 0.6) is 0 Å². The van der Waals surface area contributed by atoms with Crippen LogP contribution in [0.1, 0.15) is 39.0 Å². The standard InChI is InChI=1S/C14H27N3O2.2ClH/c1-2-7-17-8-5-11(6-9-17)16-14(18)13-4-3-12(10-15)19-13;;/h11-13H,2-10,15H2,1H3,(H,16,18);2*1H/t12-,13+;;/m1../s1. The van der Waals surface area contributed by atoms with E-state index >= 15 is 0 Å². The molecule has 3 N–H and O–H groups in total. The van der Waals surface area contributed by atoms with Gasteiger partial charge >= 0.3 is 0 Å². The molecule has 126 valence electrons. The average molecular weight is 342 g/mol. The molecule has 7 heteroatoms. The molecule has 2 heterocycles. The van der Waals surface area contributed by atoms with Crippen molar-refractivity contribution in [3.63, 3.8) is 0 Å². The number of piperidine rings is 1. The molecule has 0 aliphatic carbocycles. The van der Waals surface area contributed by atoms with Gasteiger partial charge in [-0.15, -0.1) is 24.8 Å². The van der Waals surface area contributed by atoms with Gasteiger partial charge in [0.1, 0.15) is 6.10 Å². The zero-order valence-corrected chi connectivity index (χ0v) is 14.4. The summed E-state index contributed by atoms with van der Waals surface area (Å²) in [5, 5.41) is 3.14. The van der Waals surface area contributed by atoms with E-state index in [0.717, 1.165) is 38.8 Å². The van der Waals surface area contributed by atoms with E-state index in [1.807, 2.05) is 0 Å². The molecule has 0 radical (unpaired) electrons. The van der Waals surface area contributed by atoms with E-state index in [-0.39, 0.29) is 42.9 Å². The zero-order valence-electron chi connectivity index (χ0n) is 12.8. The Kier molecular flexibility index (Phi) is 10.6. The normalized spacial score (nSPS) is 26.8. The molecule has 0 aromatic heterocycles. The molecule has 0 bridgehead atoms. The van der Waals surface area contributed by atoms with Crippen molar-refractivity contribution in [2.45, 2.75) is 57.3 Å². The van der Waals surface area contributed by atoms with Gasteiger partial charge in [-0.25, -0.2) is 0 Å². The summed E-state index contributed by atoms with van der Waals surface area (Å²) in [5.74, 6) is 0.0601. The third-order valence-electron chi connectivity index (χ3n) is 4.14. The highest BCUT2D eigenvalue weighted by molar-refractivity contribution is 5.85. The number of ether oxygens (including phenoxy) is 1. The highest BCUT2D eigenvalue weighted by atomic mass is 35.5. The van der Waals surface area contributed by atoms with E-state index in [4.69, 9.17) is 10.5 Å². The number of likely N-dealkylation sites (tertiary alicyclic amines) is 1. The third kappa shape index (κ3) is 6.28. The third-order valence-corrected chi connectivity index (χ3v) is 4.14. The molecule has 2 aliphatic rings. The molecule has 0 spiro atoms. The molecule has 5 nitrogen and oxygen atoms in total. The molecular formula is C14H29Cl2N3O2. The summed E-state index contributed by atoms with van der Waals surface area (Å²) >= 11 is 0. The molecule has 2 aliphatic heterocycles. The molecule has 1 amide bonds. The number of hydrogen-bond donors (Lipinski definition) is 2. The predicted molar refractivity (Wildman–Crippen MR) is 89.3 cm³/mol. The van der Waals surface area contributed by atoms with E-state index < -0.39 is 0 Å². The van der Waals surface area contributed by atoms with Crippen molar-refractivity contribution in [2.75, 3.05) is 26.2 Å². The largest absolute Gasteiger partial charge is 0.364 e. The number of carbonyl (C=O) groups excluding carboxylic acids is 1.